The van der Waals surface area contributed by atoms with Crippen LogP contribution in [-0.4, -0.2) is 11.1 Å². The number of rotatable bonds is 4. The maximum absolute atomic E-state index is 11.1. The van der Waals surface area contributed by atoms with Gasteiger partial charge >= 0.3 is 5.97 Å². The molecule has 18 heavy (non-hydrogen) atoms. The maximum Gasteiger partial charge on any atom is 0.336 e. The van der Waals surface area contributed by atoms with Gasteiger partial charge in [-0.05, 0) is 34.0 Å². The third kappa shape index (κ3) is 3.18. The second-order valence-electron chi connectivity index (χ2n) is 3.67. The van der Waals surface area contributed by atoms with Gasteiger partial charge in [-0.3, -0.25) is 0 Å². The van der Waals surface area contributed by atoms with Crippen LogP contribution in [0.5, 0.6) is 0 Å². The Morgan fingerprint density at radius 1 is 1.17 bits per heavy atom. The molecular weight excluding hydrogens is 244 g/mol. The van der Waals surface area contributed by atoms with Crippen LogP contribution >= 0.6 is 11.3 Å². The lowest BCUT2D eigenvalue weighted by molar-refractivity contribution is -0.130. The largest absolute Gasteiger partial charge is 0.478 e. The van der Waals surface area contributed by atoms with Crippen molar-refractivity contribution in [2.24, 2.45) is 0 Å². The number of benzene rings is 1. The van der Waals surface area contributed by atoms with Gasteiger partial charge in [-0.2, -0.15) is 11.3 Å². The SMILES string of the molecule is O=C(O)C(=CC=Cc1ccccc1)c1ccsc1. The van der Waals surface area contributed by atoms with Crippen molar-refractivity contribution < 1.29 is 9.90 Å². The highest BCUT2D eigenvalue weighted by molar-refractivity contribution is 7.08. The highest BCUT2D eigenvalue weighted by Crippen LogP contribution is 2.18. The number of carboxylic acid groups (broad SMARTS) is 1. The molecule has 0 saturated heterocycles. The first-order valence-electron chi connectivity index (χ1n) is 5.46. The van der Waals surface area contributed by atoms with Crippen molar-refractivity contribution in [1.29, 1.82) is 0 Å². The van der Waals surface area contributed by atoms with E-state index in [2.05, 4.69) is 0 Å². The van der Waals surface area contributed by atoms with E-state index in [0.29, 0.717) is 5.57 Å². The predicted molar refractivity (Wildman–Crippen MR) is 75.4 cm³/mol. The van der Waals surface area contributed by atoms with Crippen LogP contribution in [0.15, 0.2) is 59.3 Å². The predicted octanol–water partition coefficient (Wildman–Crippen LogP) is 3.93. The summed E-state index contributed by atoms with van der Waals surface area (Å²) in [5.74, 6) is -0.911. The van der Waals surface area contributed by atoms with Crippen LogP contribution in [0.4, 0.5) is 0 Å². The van der Waals surface area contributed by atoms with Crippen molar-refractivity contribution >= 4 is 29.0 Å². The first-order chi connectivity index (χ1) is 8.77. The lowest BCUT2D eigenvalue weighted by Gasteiger charge is -1.96. The standard InChI is InChI=1S/C15H12O2S/c16-15(17)14(13-9-10-18-11-13)8-4-7-12-5-2-1-3-6-12/h1-11H,(H,16,17). The Morgan fingerprint density at radius 3 is 2.56 bits per heavy atom. The van der Waals surface area contributed by atoms with Crippen LogP contribution in [0.2, 0.25) is 0 Å². The summed E-state index contributed by atoms with van der Waals surface area (Å²) in [6, 6.07) is 11.6. The normalized spacial score (nSPS) is 11.9. The van der Waals surface area contributed by atoms with E-state index in [0.717, 1.165) is 11.1 Å². The summed E-state index contributed by atoms with van der Waals surface area (Å²) in [6.45, 7) is 0. The van der Waals surface area contributed by atoms with Crippen molar-refractivity contribution in [3.63, 3.8) is 0 Å². The second kappa shape index (κ2) is 5.98. The van der Waals surface area contributed by atoms with E-state index in [9.17, 15) is 4.79 Å². The third-order valence-corrected chi connectivity index (χ3v) is 3.10. The molecule has 0 amide bonds. The Kier molecular flexibility index (Phi) is 4.10. The lowest BCUT2D eigenvalue weighted by atomic mass is 10.1. The van der Waals surface area contributed by atoms with Gasteiger partial charge in [0.15, 0.2) is 0 Å². The molecule has 0 spiro atoms. The minimum atomic E-state index is -0.911. The van der Waals surface area contributed by atoms with E-state index in [1.54, 1.807) is 18.2 Å². The summed E-state index contributed by atoms with van der Waals surface area (Å²) in [6.07, 6.45) is 5.27. The van der Waals surface area contributed by atoms with Gasteiger partial charge in [0, 0.05) is 0 Å². The van der Waals surface area contributed by atoms with Gasteiger partial charge in [-0.25, -0.2) is 4.79 Å². The van der Waals surface area contributed by atoms with Crippen molar-refractivity contribution in [2.75, 3.05) is 0 Å². The highest BCUT2D eigenvalue weighted by Gasteiger charge is 2.08. The highest BCUT2D eigenvalue weighted by atomic mass is 32.1. The van der Waals surface area contributed by atoms with Crippen LogP contribution < -0.4 is 0 Å². The quantitative estimate of drug-likeness (QED) is 0.664. The summed E-state index contributed by atoms with van der Waals surface area (Å²) >= 11 is 1.49. The summed E-state index contributed by atoms with van der Waals surface area (Å²) in [5.41, 5.74) is 2.09. The van der Waals surface area contributed by atoms with Crippen molar-refractivity contribution in [3.05, 3.63) is 70.4 Å². The molecule has 0 bridgehead atoms. The fraction of sp³-hybridized carbons (Fsp3) is 0. The van der Waals surface area contributed by atoms with Crippen molar-refractivity contribution in [3.8, 4) is 0 Å². The van der Waals surface area contributed by atoms with Crippen LogP contribution in [0.1, 0.15) is 11.1 Å². The van der Waals surface area contributed by atoms with Crippen molar-refractivity contribution in [1.82, 2.24) is 0 Å². The smallest absolute Gasteiger partial charge is 0.336 e. The van der Waals surface area contributed by atoms with Gasteiger partial charge in [0.1, 0.15) is 0 Å². The van der Waals surface area contributed by atoms with Gasteiger partial charge in [0.25, 0.3) is 0 Å². The molecule has 0 saturated carbocycles. The zero-order valence-electron chi connectivity index (χ0n) is 9.61. The molecule has 1 N–H and O–H groups in total. The molecule has 0 unspecified atom stereocenters. The number of aliphatic carboxylic acids is 1. The Bertz CT molecular complexity index is 566. The molecule has 1 heterocycles. The molecule has 0 radical (unpaired) electrons. The number of allylic oxidation sites excluding steroid dienone is 2. The summed E-state index contributed by atoms with van der Waals surface area (Å²) in [4.78, 5) is 11.1. The first-order valence-corrected chi connectivity index (χ1v) is 6.41. The minimum absolute atomic E-state index is 0.309. The molecule has 90 valence electrons. The molecule has 2 nitrogen and oxygen atoms in total. The molecule has 1 aromatic heterocycles. The van der Waals surface area contributed by atoms with E-state index in [4.69, 9.17) is 5.11 Å². The molecule has 1 aromatic carbocycles. The number of hydrogen-bond acceptors (Lipinski definition) is 2. The van der Waals surface area contributed by atoms with Gasteiger partial charge in [0.2, 0.25) is 0 Å². The number of hydrogen-bond donors (Lipinski definition) is 1. The van der Waals surface area contributed by atoms with Gasteiger partial charge in [-0.15, -0.1) is 0 Å². The molecular formula is C15H12O2S. The third-order valence-electron chi connectivity index (χ3n) is 2.41. The molecule has 2 aromatic rings. The van der Waals surface area contributed by atoms with Gasteiger partial charge < -0.3 is 5.11 Å². The molecule has 0 atom stereocenters. The average Bonchev–Trinajstić information content (AvgIpc) is 2.89. The van der Waals surface area contributed by atoms with E-state index in [1.165, 1.54) is 11.3 Å². The molecule has 0 aliphatic heterocycles. The van der Waals surface area contributed by atoms with Crippen molar-refractivity contribution in [2.45, 2.75) is 0 Å². The first kappa shape index (κ1) is 12.3. The van der Waals surface area contributed by atoms with Crippen LogP contribution in [-0.2, 0) is 4.79 Å². The Hall–Kier alpha value is -2.13. The van der Waals surface area contributed by atoms with Crippen LogP contribution in [0.3, 0.4) is 0 Å². The molecule has 0 aliphatic rings. The summed E-state index contributed by atoms with van der Waals surface area (Å²) in [7, 11) is 0. The Labute approximate surface area is 110 Å². The maximum atomic E-state index is 11.1. The average molecular weight is 256 g/mol. The Balaban J connectivity index is 2.20. The summed E-state index contributed by atoms with van der Waals surface area (Å²) in [5, 5.41) is 12.8. The number of thiophene rings is 1. The van der Waals surface area contributed by atoms with E-state index in [1.807, 2.05) is 47.2 Å². The zero-order chi connectivity index (χ0) is 12.8. The minimum Gasteiger partial charge on any atom is -0.478 e. The fourth-order valence-electron chi connectivity index (χ4n) is 1.53. The summed E-state index contributed by atoms with van der Waals surface area (Å²) < 4.78 is 0. The molecule has 3 heteroatoms. The monoisotopic (exact) mass is 256 g/mol. The molecule has 0 fully saturated rings. The molecule has 0 aliphatic carbocycles. The fourth-order valence-corrected chi connectivity index (χ4v) is 2.18. The second-order valence-corrected chi connectivity index (χ2v) is 4.45. The van der Waals surface area contributed by atoms with E-state index >= 15 is 0 Å². The van der Waals surface area contributed by atoms with E-state index in [-0.39, 0.29) is 0 Å². The topological polar surface area (TPSA) is 37.3 Å². The van der Waals surface area contributed by atoms with Crippen LogP contribution in [0.25, 0.3) is 11.6 Å². The molecule has 2 rings (SSSR count). The number of carboxylic acids is 1. The van der Waals surface area contributed by atoms with Gasteiger partial charge in [-0.1, -0.05) is 42.5 Å². The zero-order valence-corrected chi connectivity index (χ0v) is 10.4. The van der Waals surface area contributed by atoms with E-state index < -0.39 is 5.97 Å². The van der Waals surface area contributed by atoms with Gasteiger partial charge in [0.05, 0.1) is 5.57 Å². The Morgan fingerprint density at radius 2 is 1.94 bits per heavy atom. The lowest BCUT2D eigenvalue weighted by Crippen LogP contribution is -1.97. The number of carbonyl (C=O) groups is 1. The van der Waals surface area contributed by atoms with Crippen LogP contribution in [0, 0.1) is 0 Å².